The highest BCUT2D eigenvalue weighted by Gasteiger charge is 2.19. The number of hydrogen-bond acceptors (Lipinski definition) is 3. The van der Waals surface area contributed by atoms with Crippen LogP contribution in [-0.4, -0.2) is 30.3 Å². The second kappa shape index (κ2) is 5.56. The standard InChI is InChI=1S/C14H16N2O3/c1-3-6-15-14(18)13(17)11-8-16-12-5-4-9(19-2)7-10(11)12/h4-5,7-8,16H,3,6H2,1-2H3,(H,15,18). The molecule has 0 radical (unpaired) electrons. The molecule has 19 heavy (non-hydrogen) atoms. The van der Waals surface area contributed by atoms with Gasteiger partial charge in [-0.25, -0.2) is 0 Å². The second-order valence-electron chi connectivity index (χ2n) is 4.20. The van der Waals surface area contributed by atoms with Crippen molar-refractivity contribution < 1.29 is 14.3 Å². The summed E-state index contributed by atoms with van der Waals surface area (Å²) in [6, 6.07) is 5.35. The van der Waals surface area contributed by atoms with Gasteiger partial charge in [-0.2, -0.15) is 0 Å². The summed E-state index contributed by atoms with van der Waals surface area (Å²) in [6.45, 7) is 2.43. The van der Waals surface area contributed by atoms with Gasteiger partial charge in [0.1, 0.15) is 5.75 Å². The topological polar surface area (TPSA) is 71.2 Å². The molecule has 1 aromatic carbocycles. The van der Waals surface area contributed by atoms with Gasteiger partial charge in [-0.3, -0.25) is 9.59 Å². The maximum atomic E-state index is 12.1. The van der Waals surface area contributed by atoms with E-state index in [1.165, 1.54) is 0 Å². The van der Waals surface area contributed by atoms with Crippen LogP contribution in [0.25, 0.3) is 10.9 Å². The van der Waals surface area contributed by atoms with Crippen LogP contribution in [0.5, 0.6) is 5.75 Å². The lowest BCUT2D eigenvalue weighted by Crippen LogP contribution is -2.31. The van der Waals surface area contributed by atoms with Crippen molar-refractivity contribution in [2.45, 2.75) is 13.3 Å². The molecule has 0 saturated carbocycles. The minimum atomic E-state index is -0.578. The first-order valence-corrected chi connectivity index (χ1v) is 6.15. The molecule has 1 heterocycles. The van der Waals surface area contributed by atoms with E-state index in [0.29, 0.717) is 23.2 Å². The highest BCUT2D eigenvalue weighted by molar-refractivity contribution is 6.44. The van der Waals surface area contributed by atoms with Gasteiger partial charge in [-0.05, 0) is 24.6 Å². The highest BCUT2D eigenvalue weighted by atomic mass is 16.5. The van der Waals surface area contributed by atoms with Crippen molar-refractivity contribution in [1.82, 2.24) is 10.3 Å². The Balaban J connectivity index is 2.34. The lowest BCUT2D eigenvalue weighted by atomic mass is 10.1. The Morgan fingerprint density at radius 1 is 1.37 bits per heavy atom. The summed E-state index contributed by atoms with van der Waals surface area (Å²) in [5.41, 5.74) is 1.16. The molecule has 0 atom stereocenters. The molecule has 2 N–H and O–H groups in total. The van der Waals surface area contributed by atoms with Gasteiger partial charge in [0, 0.05) is 23.6 Å². The van der Waals surface area contributed by atoms with Gasteiger partial charge in [0.15, 0.2) is 0 Å². The summed E-state index contributed by atoms with van der Waals surface area (Å²) < 4.78 is 5.13. The molecule has 5 nitrogen and oxygen atoms in total. The van der Waals surface area contributed by atoms with Crippen LogP contribution in [0.1, 0.15) is 23.7 Å². The summed E-state index contributed by atoms with van der Waals surface area (Å²) in [7, 11) is 1.56. The van der Waals surface area contributed by atoms with E-state index >= 15 is 0 Å². The number of fused-ring (bicyclic) bond motifs is 1. The van der Waals surface area contributed by atoms with Crippen molar-refractivity contribution in [2.75, 3.05) is 13.7 Å². The fourth-order valence-electron chi connectivity index (χ4n) is 1.86. The van der Waals surface area contributed by atoms with Gasteiger partial charge in [0.25, 0.3) is 11.7 Å². The predicted octanol–water partition coefficient (Wildman–Crippen LogP) is 1.89. The van der Waals surface area contributed by atoms with Crippen LogP contribution >= 0.6 is 0 Å². The fourth-order valence-corrected chi connectivity index (χ4v) is 1.86. The third-order valence-electron chi connectivity index (χ3n) is 2.88. The summed E-state index contributed by atoms with van der Waals surface area (Å²) in [5.74, 6) is -0.464. The van der Waals surface area contributed by atoms with E-state index in [1.54, 1.807) is 25.4 Å². The number of nitrogens with one attached hydrogen (secondary N) is 2. The van der Waals surface area contributed by atoms with Gasteiger partial charge in [-0.15, -0.1) is 0 Å². The minimum absolute atomic E-state index is 0.363. The van der Waals surface area contributed by atoms with Gasteiger partial charge in [-0.1, -0.05) is 6.92 Å². The number of Topliss-reactive ketones (excluding diaryl/α,β-unsaturated/α-hetero) is 1. The molecule has 0 aliphatic carbocycles. The van der Waals surface area contributed by atoms with Gasteiger partial charge in [0.05, 0.1) is 12.7 Å². The Kier molecular flexibility index (Phi) is 3.85. The molecule has 0 aliphatic rings. The summed E-state index contributed by atoms with van der Waals surface area (Å²) in [6.07, 6.45) is 2.35. The summed E-state index contributed by atoms with van der Waals surface area (Å²) in [5, 5.41) is 3.27. The van der Waals surface area contributed by atoms with Gasteiger partial charge < -0.3 is 15.0 Å². The Morgan fingerprint density at radius 3 is 2.84 bits per heavy atom. The summed E-state index contributed by atoms with van der Waals surface area (Å²) >= 11 is 0. The highest BCUT2D eigenvalue weighted by Crippen LogP contribution is 2.23. The molecule has 0 unspecified atom stereocenters. The normalized spacial score (nSPS) is 10.4. The van der Waals surface area contributed by atoms with Crippen LogP contribution in [0.3, 0.4) is 0 Å². The summed E-state index contributed by atoms with van der Waals surface area (Å²) in [4.78, 5) is 26.7. The fraction of sp³-hybridized carbons (Fsp3) is 0.286. The Morgan fingerprint density at radius 2 is 2.16 bits per heavy atom. The van der Waals surface area contributed by atoms with Crippen LogP contribution in [-0.2, 0) is 4.79 Å². The Labute approximate surface area is 110 Å². The van der Waals surface area contributed by atoms with Crippen molar-refractivity contribution in [3.8, 4) is 5.75 Å². The molecule has 1 aromatic heterocycles. The number of aromatic amines is 1. The molecule has 0 aliphatic heterocycles. The predicted molar refractivity (Wildman–Crippen MR) is 72.5 cm³/mol. The molecule has 0 fully saturated rings. The number of ether oxygens (including phenoxy) is 1. The zero-order valence-corrected chi connectivity index (χ0v) is 10.9. The molecule has 0 saturated heterocycles. The van der Waals surface area contributed by atoms with Crippen LogP contribution in [0.15, 0.2) is 24.4 Å². The molecule has 5 heteroatoms. The monoisotopic (exact) mass is 260 g/mol. The van der Waals surface area contributed by atoms with Crippen LogP contribution in [0.2, 0.25) is 0 Å². The number of amides is 1. The van der Waals surface area contributed by atoms with Crippen molar-refractivity contribution in [3.63, 3.8) is 0 Å². The molecule has 0 bridgehead atoms. The van der Waals surface area contributed by atoms with Crippen LogP contribution in [0.4, 0.5) is 0 Å². The Hall–Kier alpha value is -2.30. The van der Waals surface area contributed by atoms with E-state index in [-0.39, 0.29) is 0 Å². The Bertz CT molecular complexity index is 616. The first-order chi connectivity index (χ1) is 9.17. The molecule has 100 valence electrons. The molecule has 2 aromatic rings. The van der Waals surface area contributed by atoms with Crippen molar-refractivity contribution in [2.24, 2.45) is 0 Å². The van der Waals surface area contributed by atoms with Crippen LogP contribution in [0, 0.1) is 0 Å². The number of H-pyrrole nitrogens is 1. The number of carbonyl (C=O) groups excluding carboxylic acids is 2. The second-order valence-corrected chi connectivity index (χ2v) is 4.20. The molecule has 0 spiro atoms. The first kappa shape index (κ1) is 13.1. The third kappa shape index (κ3) is 2.59. The van der Waals surface area contributed by atoms with Crippen LogP contribution < -0.4 is 10.1 Å². The van der Waals surface area contributed by atoms with Gasteiger partial charge >= 0.3 is 0 Å². The maximum absolute atomic E-state index is 12.1. The third-order valence-corrected chi connectivity index (χ3v) is 2.88. The quantitative estimate of drug-likeness (QED) is 0.637. The van der Waals surface area contributed by atoms with Crippen molar-refractivity contribution >= 4 is 22.6 Å². The smallest absolute Gasteiger partial charge is 0.292 e. The number of aromatic nitrogens is 1. The lowest BCUT2D eigenvalue weighted by Gasteiger charge is -2.03. The van der Waals surface area contributed by atoms with Crippen molar-refractivity contribution in [1.29, 1.82) is 0 Å². The number of ketones is 1. The van der Waals surface area contributed by atoms with Crippen molar-refractivity contribution in [3.05, 3.63) is 30.0 Å². The number of carbonyl (C=O) groups is 2. The van der Waals surface area contributed by atoms with E-state index in [9.17, 15) is 9.59 Å². The lowest BCUT2D eigenvalue weighted by molar-refractivity contribution is -0.116. The van der Waals surface area contributed by atoms with E-state index in [2.05, 4.69) is 10.3 Å². The van der Waals surface area contributed by atoms with E-state index < -0.39 is 11.7 Å². The molecule has 1 amide bonds. The SMILES string of the molecule is CCCNC(=O)C(=O)c1c[nH]c2ccc(OC)cc12. The number of hydrogen-bond donors (Lipinski definition) is 2. The number of methoxy groups -OCH3 is 1. The zero-order valence-electron chi connectivity index (χ0n) is 10.9. The molecular weight excluding hydrogens is 244 g/mol. The number of benzene rings is 1. The van der Waals surface area contributed by atoms with E-state index in [4.69, 9.17) is 4.74 Å². The van der Waals surface area contributed by atoms with E-state index in [1.807, 2.05) is 13.0 Å². The molecule has 2 rings (SSSR count). The van der Waals surface area contributed by atoms with E-state index in [0.717, 1.165) is 11.9 Å². The molecular formula is C14H16N2O3. The largest absolute Gasteiger partial charge is 0.497 e. The minimum Gasteiger partial charge on any atom is -0.497 e. The zero-order chi connectivity index (χ0) is 13.8. The average Bonchev–Trinajstić information content (AvgIpc) is 2.86. The van der Waals surface area contributed by atoms with Gasteiger partial charge in [0.2, 0.25) is 0 Å². The first-order valence-electron chi connectivity index (χ1n) is 6.15. The average molecular weight is 260 g/mol. The maximum Gasteiger partial charge on any atom is 0.292 e. The number of rotatable bonds is 5.